The van der Waals surface area contributed by atoms with E-state index in [2.05, 4.69) is 87.8 Å². The maximum Gasteiger partial charge on any atom is 0.0783 e. The Bertz CT molecular complexity index is 955. The van der Waals surface area contributed by atoms with Gasteiger partial charge in [-0.25, -0.2) is 0 Å². The molecular formula is C26H32Si2. The average molecular weight is 401 g/mol. The highest BCUT2D eigenvalue weighted by Gasteiger charge is 2.48. The molecule has 0 aliphatic heterocycles. The van der Waals surface area contributed by atoms with Crippen LogP contribution in [0.2, 0.25) is 39.3 Å². The van der Waals surface area contributed by atoms with Gasteiger partial charge in [-0.3, -0.25) is 0 Å². The summed E-state index contributed by atoms with van der Waals surface area (Å²) in [6.07, 6.45) is 2.54. The molecule has 0 nitrogen and oxygen atoms in total. The Morgan fingerprint density at radius 1 is 0.571 bits per heavy atom. The van der Waals surface area contributed by atoms with Crippen molar-refractivity contribution in [2.45, 2.75) is 64.0 Å². The van der Waals surface area contributed by atoms with Gasteiger partial charge in [0.15, 0.2) is 0 Å². The summed E-state index contributed by atoms with van der Waals surface area (Å²) in [4.78, 5) is 0. The molecule has 0 heterocycles. The van der Waals surface area contributed by atoms with Gasteiger partial charge in [0.2, 0.25) is 0 Å². The third-order valence-electron chi connectivity index (χ3n) is 7.02. The van der Waals surface area contributed by atoms with Gasteiger partial charge in [0.1, 0.15) is 0 Å². The zero-order chi connectivity index (χ0) is 19.8. The van der Waals surface area contributed by atoms with Gasteiger partial charge >= 0.3 is 0 Å². The second kappa shape index (κ2) is 5.93. The summed E-state index contributed by atoms with van der Waals surface area (Å²) in [5.41, 5.74) is 9.98. The molecule has 1 fully saturated rings. The summed E-state index contributed by atoms with van der Waals surface area (Å²) in [6, 6.07) is 18.7. The zero-order valence-corrected chi connectivity index (χ0v) is 20.2. The van der Waals surface area contributed by atoms with E-state index in [-0.39, 0.29) is 0 Å². The summed E-state index contributed by atoms with van der Waals surface area (Å²) in [7, 11) is -2.80. The van der Waals surface area contributed by atoms with E-state index in [9.17, 15) is 0 Å². The molecule has 0 radical (unpaired) electrons. The lowest BCUT2D eigenvalue weighted by Crippen LogP contribution is -2.26. The molecular weight excluding hydrogens is 368 g/mol. The quantitative estimate of drug-likeness (QED) is 0.454. The Morgan fingerprint density at radius 3 is 1.29 bits per heavy atom. The van der Waals surface area contributed by atoms with Crippen LogP contribution in [0.5, 0.6) is 0 Å². The number of fused-ring (bicyclic) bond motifs is 7. The predicted octanol–water partition coefficient (Wildman–Crippen LogP) is 7.64. The van der Waals surface area contributed by atoms with Gasteiger partial charge in [0.25, 0.3) is 0 Å². The number of hydrogen-bond acceptors (Lipinski definition) is 0. The topological polar surface area (TPSA) is 0 Å². The minimum Gasteiger partial charge on any atom is -0.0656 e. The first-order valence-corrected chi connectivity index (χ1v) is 17.8. The molecule has 1 saturated carbocycles. The van der Waals surface area contributed by atoms with Crippen LogP contribution < -0.4 is 0 Å². The molecule has 0 bridgehead atoms. The Kier molecular flexibility index (Phi) is 3.89. The fourth-order valence-corrected chi connectivity index (χ4v) is 10.9. The predicted molar refractivity (Wildman–Crippen MR) is 128 cm³/mol. The minimum atomic E-state index is -1.40. The van der Waals surface area contributed by atoms with E-state index in [1.165, 1.54) is 12.8 Å². The first-order chi connectivity index (χ1) is 13.2. The molecule has 3 aliphatic rings. The van der Waals surface area contributed by atoms with Crippen LogP contribution in [0.3, 0.4) is 0 Å². The molecule has 144 valence electrons. The van der Waals surface area contributed by atoms with Crippen molar-refractivity contribution >= 4 is 26.5 Å². The molecule has 2 aromatic carbocycles. The Hall–Kier alpha value is -1.65. The SMILES string of the molecule is C[Si](C)(C)C1=C2CCC3=C([Si](C)(C)C)c4ccccc4[C@@H]3[C@H]2c2ccccc21. The van der Waals surface area contributed by atoms with Crippen molar-refractivity contribution in [3.8, 4) is 0 Å². The summed E-state index contributed by atoms with van der Waals surface area (Å²) < 4.78 is 0. The van der Waals surface area contributed by atoms with Crippen LogP contribution >= 0.6 is 0 Å². The van der Waals surface area contributed by atoms with Crippen LogP contribution in [0.25, 0.3) is 10.4 Å². The second-order valence-corrected chi connectivity index (χ2v) is 20.9. The van der Waals surface area contributed by atoms with Crippen LogP contribution in [0.1, 0.15) is 46.9 Å². The summed E-state index contributed by atoms with van der Waals surface area (Å²) in [5.74, 6) is 1.16. The standard InChI is InChI=1S/C26H32Si2/c1-27(2,3)25-19-13-9-7-11-17(19)23-21(25)15-16-22-24(23)18-12-8-10-14-20(18)26(22)28(4,5)6/h7-14,23-24H,15-16H2,1-6H3/t23-,24-/m0/s1. The number of hydrogen-bond donors (Lipinski definition) is 0. The largest absolute Gasteiger partial charge is 0.0783 e. The first kappa shape index (κ1) is 18.4. The van der Waals surface area contributed by atoms with E-state index in [0.717, 1.165) is 0 Å². The molecule has 0 unspecified atom stereocenters. The molecule has 0 spiro atoms. The van der Waals surface area contributed by atoms with Crippen molar-refractivity contribution in [2.24, 2.45) is 0 Å². The summed E-state index contributed by atoms with van der Waals surface area (Å²) in [5, 5.41) is 3.54. The van der Waals surface area contributed by atoms with Crippen LogP contribution in [0, 0.1) is 0 Å². The molecule has 2 aromatic rings. The lowest BCUT2D eigenvalue weighted by Gasteiger charge is -2.35. The van der Waals surface area contributed by atoms with Crippen LogP contribution in [0.15, 0.2) is 59.7 Å². The van der Waals surface area contributed by atoms with E-state index in [4.69, 9.17) is 0 Å². The molecule has 2 heteroatoms. The van der Waals surface area contributed by atoms with Gasteiger partial charge in [-0.05, 0) is 35.1 Å². The van der Waals surface area contributed by atoms with E-state index in [1.54, 1.807) is 43.8 Å². The van der Waals surface area contributed by atoms with Gasteiger partial charge in [0.05, 0.1) is 16.1 Å². The molecule has 0 amide bonds. The van der Waals surface area contributed by atoms with Gasteiger partial charge < -0.3 is 0 Å². The monoisotopic (exact) mass is 400 g/mol. The lowest BCUT2D eigenvalue weighted by atomic mass is 9.71. The Labute approximate surface area is 172 Å². The highest BCUT2D eigenvalue weighted by Crippen LogP contribution is 2.63. The highest BCUT2D eigenvalue weighted by atomic mass is 28.3. The second-order valence-electron chi connectivity index (χ2n) is 10.9. The minimum absolute atomic E-state index is 0.580. The van der Waals surface area contributed by atoms with E-state index in [1.807, 2.05) is 0 Å². The van der Waals surface area contributed by atoms with Gasteiger partial charge in [-0.15, -0.1) is 0 Å². The van der Waals surface area contributed by atoms with Crippen LogP contribution in [0.4, 0.5) is 0 Å². The van der Waals surface area contributed by atoms with Crippen molar-refractivity contribution < 1.29 is 0 Å². The van der Waals surface area contributed by atoms with Crippen molar-refractivity contribution in [2.75, 3.05) is 0 Å². The van der Waals surface area contributed by atoms with Crippen LogP contribution in [-0.4, -0.2) is 16.1 Å². The molecule has 0 N–H and O–H groups in total. The third-order valence-corrected chi connectivity index (χ3v) is 11.2. The van der Waals surface area contributed by atoms with E-state index < -0.39 is 16.1 Å². The van der Waals surface area contributed by atoms with Crippen molar-refractivity contribution in [3.05, 3.63) is 81.9 Å². The van der Waals surface area contributed by atoms with Crippen molar-refractivity contribution in [1.82, 2.24) is 0 Å². The summed E-state index contributed by atoms with van der Waals surface area (Å²) >= 11 is 0. The third kappa shape index (κ3) is 2.47. The number of benzene rings is 2. The van der Waals surface area contributed by atoms with E-state index in [0.29, 0.717) is 11.8 Å². The smallest absolute Gasteiger partial charge is 0.0656 e. The molecule has 2 atom stereocenters. The first-order valence-electron chi connectivity index (χ1n) is 10.8. The molecule has 0 saturated heterocycles. The average Bonchev–Trinajstić information content (AvgIpc) is 3.13. The zero-order valence-electron chi connectivity index (χ0n) is 18.2. The molecule has 3 aliphatic carbocycles. The van der Waals surface area contributed by atoms with Crippen LogP contribution in [-0.2, 0) is 0 Å². The van der Waals surface area contributed by atoms with E-state index >= 15 is 0 Å². The fraction of sp³-hybridized carbons (Fsp3) is 0.385. The van der Waals surface area contributed by atoms with Crippen molar-refractivity contribution in [3.63, 3.8) is 0 Å². The van der Waals surface area contributed by atoms with Crippen molar-refractivity contribution in [1.29, 1.82) is 0 Å². The van der Waals surface area contributed by atoms with Gasteiger partial charge in [-0.1, -0.05) is 109 Å². The lowest BCUT2D eigenvalue weighted by molar-refractivity contribution is 0.593. The molecule has 28 heavy (non-hydrogen) atoms. The Morgan fingerprint density at radius 2 is 0.929 bits per heavy atom. The molecule has 5 rings (SSSR count). The highest BCUT2D eigenvalue weighted by molar-refractivity contribution is 6.94. The number of allylic oxidation sites excluding steroid dienone is 2. The maximum atomic E-state index is 2.54. The van der Waals surface area contributed by atoms with Gasteiger partial charge in [0, 0.05) is 11.8 Å². The fourth-order valence-electron chi connectivity index (χ4n) is 6.39. The summed E-state index contributed by atoms with van der Waals surface area (Å²) in [6.45, 7) is 15.2. The maximum absolute atomic E-state index is 2.54. The normalized spacial score (nSPS) is 23.5. The van der Waals surface area contributed by atoms with Gasteiger partial charge in [-0.2, -0.15) is 0 Å². The molecule has 0 aromatic heterocycles. The number of rotatable bonds is 2. The Balaban J connectivity index is 1.80.